The zero-order chi connectivity index (χ0) is 17.9. The number of hydrogen-bond donors (Lipinski definition) is 2. The summed E-state index contributed by atoms with van der Waals surface area (Å²) in [5.74, 6) is 0.887. The Hall–Kier alpha value is -2.06. The van der Waals surface area contributed by atoms with E-state index in [1.54, 1.807) is 24.3 Å². The average Bonchev–Trinajstić information content (AvgIpc) is 3.21. The van der Waals surface area contributed by atoms with Crippen molar-refractivity contribution in [3.05, 3.63) is 35.2 Å². The van der Waals surface area contributed by atoms with E-state index in [4.69, 9.17) is 9.47 Å². The first-order chi connectivity index (χ1) is 11.9. The van der Waals surface area contributed by atoms with Gasteiger partial charge in [0.15, 0.2) is 0 Å². The summed E-state index contributed by atoms with van der Waals surface area (Å²) in [7, 11) is -2.33. The smallest absolute Gasteiger partial charge is 0.328 e. The second-order valence-corrected chi connectivity index (χ2v) is 7.87. The summed E-state index contributed by atoms with van der Waals surface area (Å²) < 4.78 is 36.7. The summed E-state index contributed by atoms with van der Waals surface area (Å²) in [5, 5.41) is 3.58. The van der Waals surface area contributed by atoms with Gasteiger partial charge in [0, 0.05) is 12.5 Å². The number of ether oxygens (including phenoxy) is 2. The van der Waals surface area contributed by atoms with Crippen LogP contribution in [-0.4, -0.2) is 40.3 Å². The van der Waals surface area contributed by atoms with Gasteiger partial charge in [-0.05, 0) is 43.0 Å². The van der Waals surface area contributed by atoms with Crippen LogP contribution in [0.4, 0.5) is 4.79 Å². The highest BCUT2D eigenvalue weighted by Crippen LogP contribution is 2.38. The molecular weight excluding hydrogens is 344 g/mol. The van der Waals surface area contributed by atoms with Gasteiger partial charge in [0.25, 0.3) is 10.0 Å². The Morgan fingerprint density at radius 1 is 1.40 bits per heavy atom. The highest BCUT2D eigenvalue weighted by Gasteiger charge is 2.40. The van der Waals surface area contributed by atoms with Crippen LogP contribution in [0.1, 0.15) is 24.8 Å². The number of methoxy groups -OCH3 is 1. The Bertz CT molecular complexity index is 762. The number of rotatable bonds is 6. The van der Waals surface area contributed by atoms with Crippen molar-refractivity contribution in [3.8, 4) is 5.75 Å². The number of urea groups is 1. The predicted octanol–water partition coefficient (Wildman–Crippen LogP) is 1.86. The molecule has 2 heterocycles. The fourth-order valence-electron chi connectivity index (χ4n) is 3.29. The number of nitrogens with one attached hydrogen (secondary N) is 2. The Morgan fingerprint density at radius 2 is 2.24 bits per heavy atom. The molecular formula is C17H22N2O5S. The third-order valence-corrected chi connectivity index (χ3v) is 5.49. The number of sulfonamides is 1. The first-order valence-corrected chi connectivity index (χ1v) is 9.78. The highest BCUT2D eigenvalue weighted by atomic mass is 32.2. The fourth-order valence-corrected chi connectivity index (χ4v) is 4.03. The minimum Gasteiger partial charge on any atom is -0.497 e. The van der Waals surface area contributed by atoms with Gasteiger partial charge < -0.3 is 14.8 Å². The van der Waals surface area contributed by atoms with Crippen LogP contribution in [0.5, 0.6) is 5.75 Å². The number of hydrogen-bond acceptors (Lipinski definition) is 5. The van der Waals surface area contributed by atoms with E-state index in [9.17, 15) is 13.2 Å². The van der Waals surface area contributed by atoms with E-state index in [0.29, 0.717) is 24.0 Å². The molecule has 8 heteroatoms. The van der Waals surface area contributed by atoms with Crippen LogP contribution in [0.15, 0.2) is 29.7 Å². The Labute approximate surface area is 147 Å². The van der Waals surface area contributed by atoms with Crippen molar-refractivity contribution in [2.45, 2.75) is 31.5 Å². The Morgan fingerprint density at radius 3 is 2.92 bits per heavy atom. The largest absolute Gasteiger partial charge is 0.497 e. The lowest BCUT2D eigenvalue weighted by atomic mass is 9.89. The molecule has 2 aliphatic rings. The third kappa shape index (κ3) is 4.73. The molecule has 25 heavy (non-hydrogen) atoms. The zero-order valence-corrected chi connectivity index (χ0v) is 14.8. The summed E-state index contributed by atoms with van der Waals surface area (Å²) in [5.41, 5.74) is 0.657. The van der Waals surface area contributed by atoms with Gasteiger partial charge in [0.05, 0.1) is 24.7 Å². The number of carbonyl (C=O) groups excluding carboxylic acids is 1. The molecule has 2 aliphatic heterocycles. The van der Waals surface area contributed by atoms with Crippen LogP contribution in [0, 0.1) is 5.92 Å². The topological polar surface area (TPSA) is 93.7 Å². The molecule has 2 amide bonds. The molecule has 0 aromatic heterocycles. The average molecular weight is 366 g/mol. The Kier molecular flexibility index (Phi) is 5.29. The van der Waals surface area contributed by atoms with Crippen LogP contribution in [0.25, 0.3) is 6.08 Å². The second-order valence-electron chi connectivity index (χ2n) is 6.31. The lowest BCUT2D eigenvalue weighted by Crippen LogP contribution is -2.42. The molecule has 7 nitrogen and oxygen atoms in total. The molecule has 2 N–H and O–H groups in total. The standard InChI is InChI=1S/C17H22N2O5S/c1-23-14-4-2-3-12(9-14)7-8-25(21,22)19-17(20)18-11-13-10-15-5-6-16(13)24-15/h2-4,7-9,13,15-16H,5-6,10-11H2,1H3,(H2,18,19,20)/b8-7+. The molecule has 0 radical (unpaired) electrons. The van der Waals surface area contributed by atoms with Crippen molar-refractivity contribution in [3.63, 3.8) is 0 Å². The van der Waals surface area contributed by atoms with E-state index in [1.165, 1.54) is 13.2 Å². The highest BCUT2D eigenvalue weighted by molar-refractivity contribution is 7.93. The molecule has 1 aromatic rings. The molecule has 3 rings (SSSR count). The maximum absolute atomic E-state index is 12.0. The minimum atomic E-state index is -3.87. The van der Waals surface area contributed by atoms with Crippen molar-refractivity contribution in [2.75, 3.05) is 13.7 Å². The van der Waals surface area contributed by atoms with Crippen LogP contribution in [-0.2, 0) is 14.8 Å². The van der Waals surface area contributed by atoms with Gasteiger partial charge in [-0.1, -0.05) is 12.1 Å². The van der Waals surface area contributed by atoms with E-state index in [2.05, 4.69) is 5.32 Å². The second kappa shape index (κ2) is 7.45. The maximum atomic E-state index is 12.0. The van der Waals surface area contributed by atoms with Crippen LogP contribution < -0.4 is 14.8 Å². The minimum absolute atomic E-state index is 0.190. The third-order valence-electron chi connectivity index (χ3n) is 4.53. The van der Waals surface area contributed by atoms with Crippen molar-refractivity contribution < 1.29 is 22.7 Å². The molecule has 1 aromatic carbocycles. The monoisotopic (exact) mass is 366 g/mol. The SMILES string of the molecule is COc1cccc(/C=C/S(=O)(=O)NC(=O)NCC2CC3CCC2O3)c1. The summed E-state index contributed by atoms with van der Waals surface area (Å²) in [6.07, 6.45) is 4.91. The van der Waals surface area contributed by atoms with Gasteiger partial charge in [-0.15, -0.1) is 0 Å². The van der Waals surface area contributed by atoms with Crippen LogP contribution in [0.2, 0.25) is 0 Å². The maximum Gasteiger partial charge on any atom is 0.328 e. The first kappa shape index (κ1) is 17.8. The van der Waals surface area contributed by atoms with Gasteiger partial charge in [0.1, 0.15) is 5.75 Å². The normalized spacial score (nSPS) is 25.2. The molecule has 0 aliphatic carbocycles. The van der Waals surface area contributed by atoms with E-state index in [1.807, 2.05) is 4.72 Å². The summed E-state index contributed by atoms with van der Waals surface area (Å²) in [4.78, 5) is 11.8. The summed E-state index contributed by atoms with van der Waals surface area (Å²) in [6, 6.07) is 6.22. The van der Waals surface area contributed by atoms with Crippen molar-refractivity contribution in [1.29, 1.82) is 0 Å². The van der Waals surface area contributed by atoms with Gasteiger partial charge in [-0.25, -0.2) is 17.9 Å². The Balaban J connectivity index is 1.50. The van der Waals surface area contributed by atoms with Gasteiger partial charge in [-0.2, -0.15) is 0 Å². The van der Waals surface area contributed by atoms with Crippen molar-refractivity contribution in [1.82, 2.24) is 10.0 Å². The van der Waals surface area contributed by atoms with E-state index < -0.39 is 16.1 Å². The van der Waals surface area contributed by atoms with Crippen molar-refractivity contribution in [2.24, 2.45) is 5.92 Å². The first-order valence-electron chi connectivity index (χ1n) is 8.23. The van der Waals surface area contributed by atoms with Gasteiger partial charge in [0.2, 0.25) is 0 Å². The van der Waals surface area contributed by atoms with Gasteiger partial charge in [-0.3, -0.25) is 0 Å². The van der Waals surface area contributed by atoms with Gasteiger partial charge >= 0.3 is 6.03 Å². The molecule has 2 bridgehead atoms. The number of carbonyl (C=O) groups is 1. The fraction of sp³-hybridized carbons (Fsp3) is 0.471. The van der Waals surface area contributed by atoms with E-state index in [0.717, 1.165) is 24.7 Å². The van der Waals surface area contributed by atoms with E-state index in [-0.39, 0.29) is 12.0 Å². The zero-order valence-electron chi connectivity index (χ0n) is 14.0. The molecule has 136 valence electrons. The van der Waals surface area contributed by atoms with Crippen molar-refractivity contribution >= 4 is 22.1 Å². The molecule has 2 fully saturated rings. The van der Waals surface area contributed by atoms with E-state index >= 15 is 0 Å². The number of benzene rings is 1. The number of amides is 2. The summed E-state index contributed by atoms with van der Waals surface area (Å²) in [6.45, 7) is 0.419. The van der Waals surface area contributed by atoms with Crippen LogP contribution in [0.3, 0.4) is 0 Å². The molecule has 0 saturated carbocycles. The molecule has 3 unspecified atom stereocenters. The van der Waals surface area contributed by atoms with Crippen LogP contribution >= 0.6 is 0 Å². The molecule has 3 atom stereocenters. The lowest BCUT2D eigenvalue weighted by Gasteiger charge is -2.18. The molecule has 2 saturated heterocycles. The predicted molar refractivity (Wildman–Crippen MR) is 93.5 cm³/mol. The number of fused-ring (bicyclic) bond motifs is 2. The lowest BCUT2D eigenvalue weighted by molar-refractivity contribution is 0.0928. The molecule has 0 spiro atoms. The quantitative estimate of drug-likeness (QED) is 0.801. The summed E-state index contributed by atoms with van der Waals surface area (Å²) >= 11 is 0.